The summed E-state index contributed by atoms with van der Waals surface area (Å²) in [6.07, 6.45) is 5.14. The van der Waals surface area contributed by atoms with Crippen LogP contribution in [0.2, 0.25) is 0 Å². The molecule has 0 bridgehead atoms. The topological polar surface area (TPSA) is 25.4 Å². The fraction of sp³-hybridized carbons (Fsp3) is 0.542. The maximum atomic E-state index is 13.2. The van der Waals surface area contributed by atoms with E-state index in [1.165, 1.54) is 11.1 Å². The van der Waals surface area contributed by atoms with Crippen LogP contribution in [0.3, 0.4) is 0 Å². The van der Waals surface area contributed by atoms with E-state index in [2.05, 4.69) is 42.8 Å². The van der Waals surface area contributed by atoms with Gasteiger partial charge in [0.1, 0.15) is 5.82 Å². The number of aryl methyl sites for hydroxylation is 2. The standard InChI is InChI=1S/C24H33FN2O/c1-5-28-18-24(13-12-20-7-10-22(25)11-8-20)14-15-27(17-24)23(3,4)21-9-6-19(2)26-16-21/h6-11,16H,5,12-15,17-18H2,1-4H3/t24-/m0/s1. The number of likely N-dealkylation sites (tertiary alicyclic amines) is 1. The molecule has 1 aliphatic heterocycles. The quantitative estimate of drug-likeness (QED) is 0.631. The number of rotatable bonds is 8. The molecule has 1 atom stereocenters. The zero-order valence-electron chi connectivity index (χ0n) is 17.7. The Bertz CT molecular complexity index is 757. The van der Waals surface area contributed by atoms with Crippen molar-refractivity contribution in [2.24, 2.45) is 5.41 Å². The molecule has 0 radical (unpaired) electrons. The van der Waals surface area contributed by atoms with E-state index in [-0.39, 0.29) is 16.8 Å². The van der Waals surface area contributed by atoms with Crippen molar-refractivity contribution in [1.29, 1.82) is 0 Å². The third kappa shape index (κ3) is 4.79. The summed E-state index contributed by atoms with van der Waals surface area (Å²) in [7, 11) is 0. The van der Waals surface area contributed by atoms with Gasteiger partial charge in [-0.25, -0.2) is 4.39 Å². The van der Waals surface area contributed by atoms with Crippen molar-refractivity contribution in [3.8, 4) is 0 Å². The molecule has 1 aromatic carbocycles. The molecule has 28 heavy (non-hydrogen) atoms. The van der Waals surface area contributed by atoms with E-state index in [9.17, 15) is 4.39 Å². The molecule has 2 aromatic rings. The largest absolute Gasteiger partial charge is 0.381 e. The van der Waals surface area contributed by atoms with Crippen LogP contribution in [0.4, 0.5) is 4.39 Å². The van der Waals surface area contributed by atoms with Crippen LogP contribution in [-0.2, 0) is 16.7 Å². The summed E-state index contributed by atoms with van der Waals surface area (Å²) in [5.41, 5.74) is 3.57. The number of hydrogen-bond acceptors (Lipinski definition) is 3. The molecule has 1 fully saturated rings. The van der Waals surface area contributed by atoms with E-state index in [1.54, 1.807) is 12.1 Å². The minimum atomic E-state index is -0.173. The van der Waals surface area contributed by atoms with Crippen molar-refractivity contribution < 1.29 is 9.13 Å². The first kappa shape index (κ1) is 20.9. The molecular formula is C24H33FN2O. The third-order valence-electron chi connectivity index (χ3n) is 6.32. The summed E-state index contributed by atoms with van der Waals surface area (Å²) < 4.78 is 19.1. The van der Waals surface area contributed by atoms with Gasteiger partial charge in [0.2, 0.25) is 0 Å². The molecule has 3 rings (SSSR count). The van der Waals surface area contributed by atoms with Crippen LogP contribution >= 0.6 is 0 Å². The summed E-state index contributed by atoms with van der Waals surface area (Å²) in [5.74, 6) is -0.173. The number of ether oxygens (including phenoxy) is 1. The van der Waals surface area contributed by atoms with Gasteiger partial charge < -0.3 is 4.74 Å². The predicted octanol–water partition coefficient (Wildman–Crippen LogP) is 5.13. The van der Waals surface area contributed by atoms with Crippen molar-refractivity contribution in [3.05, 3.63) is 65.2 Å². The average Bonchev–Trinajstić information content (AvgIpc) is 3.12. The van der Waals surface area contributed by atoms with Gasteiger partial charge in [0.15, 0.2) is 0 Å². The number of aromatic nitrogens is 1. The minimum Gasteiger partial charge on any atom is -0.381 e. The van der Waals surface area contributed by atoms with Gasteiger partial charge in [-0.3, -0.25) is 9.88 Å². The molecule has 0 saturated carbocycles. The third-order valence-corrected chi connectivity index (χ3v) is 6.32. The van der Waals surface area contributed by atoms with Crippen molar-refractivity contribution >= 4 is 0 Å². The Kier molecular flexibility index (Phi) is 6.51. The maximum absolute atomic E-state index is 13.2. The number of nitrogens with zero attached hydrogens (tertiary/aromatic N) is 2. The van der Waals surface area contributed by atoms with E-state index in [0.29, 0.717) is 0 Å². The van der Waals surface area contributed by atoms with E-state index >= 15 is 0 Å². The lowest BCUT2D eigenvalue weighted by molar-refractivity contribution is 0.0385. The highest BCUT2D eigenvalue weighted by Crippen LogP contribution is 2.41. The molecule has 0 aliphatic carbocycles. The first-order valence-electron chi connectivity index (χ1n) is 10.3. The highest BCUT2D eigenvalue weighted by Gasteiger charge is 2.43. The second kappa shape index (κ2) is 8.71. The summed E-state index contributed by atoms with van der Waals surface area (Å²) in [4.78, 5) is 7.08. The number of pyridine rings is 1. The van der Waals surface area contributed by atoms with Gasteiger partial charge in [-0.1, -0.05) is 18.2 Å². The molecule has 0 unspecified atom stereocenters. The molecule has 1 aromatic heterocycles. The molecule has 0 amide bonds. The van der Waals surface area contributed by atoms with E-state index < -0.39 is 0 Å². The Hall–Kier alpha value is -1.78. The highest BCUT2D eigenvalue weighted by molar-refractivity contribution is 5.22. The Morgan fingerprint density at radius 2 is 1.93 bits per heavy atom. The average molecular weight is 385 g/mol. The normalized spacial score (nSPS) is 20.6. The van der Waals surface area contributed by atoms with Crippen LogP contribution in [0.1, 0.15) is 50.4 Å². The van der Waals surface area contributed by atoms with Crippen LogP contribution in [-0.4, -0.2) is 36.2 Å². The predicted molar refractivity (Wildman–Crippen MR) is 112 cm³/mol. The second-order valence-electron chi connectivity index (χ2n) is 8.68. The van der Waals surface area contributed by atoms with Crippen molar-refractivity contribution in [2.45, 2.75) is 52.5 Å². The van der Waals surface area contributed by atoms with Gasteiger partial charge in [0.05, 0.1) is 6.61 Å². The van der Waals surface area contributed by atoms with Crippen LogP contribution in [0.25, 0.3) is 0 Å². The van der Waals surface area contributed by atoms with Crippen LogP contribution in [0, 0.1) is 18.2 Å². The van der Waals surface area contributed by atoms with Gasteiger partial charge in [-0.15, -0.1) is 0 Å². The zero-order valence-corrected chi connectivity index (χ0v) is 17.7. The molecule has 152 valence electrons. The lowest BCUT2D eigenvalue weighted by Gasteiger charge is -2.38. The van der Waals surface area contributed by atoms with E-state index in [0.717, 1.165) is 51.3 Å². The number of benzene rings is 1. The highest BCUT2D eigenvalue weighted by atomic mass is 19.1. The van der Waals surface area contributed by atoms with E-state index in [1.807, 2.05) is 25.3 Å². The SMILES string of the molecule is CCOC[C@@]1(CCc2ccc(F)cc2)CCN(C(C)(C)c2ccc(C)nc2)C1. The molecule has 4 heteroatoms. The monoisotopic (exact) mass is 384 g/mol. The summed E-state index contributed by atoms with van der Waals surface area (Å²) in [6.45, 7) is 12.2. The Morgan fingerprint density at radius 3 is 2.57 bits per heavy atom. The lowest BCUT2D eigenvalue weighted by atomic mass is 9.81. The van der Waals surface area contributed by atoms with Gasteiger partial charge in [-0.05, 0) is 82.8 Å². The van der Waals surface area contributed by atoms with Gasteiger partial charge >= 0.3 is 0 Å². The van der Waals surface area contributed by atoms with Gasteiger partial charge in [-0.2, -0.15) is 0 Å². The molecule has 0 N–H and O–H groups in total. The zero-order chi connectivity index (χ0) is 20.2. The molecule has 0 spiro atoms. The fourth-order valence-electron chi connectivity index (χ4n) is 4.20. The first-order chi connectivity index (χ1) is 13.3. The molecule has 1 saturated heterocycles. The minimum absolute atomic E-state index is 0.0649. The fourth-order valence-corrected chi connectivity index (χ4v) is 4.20. The molecule has 2 heterocycles. The number of halogens is 1. The molecule has 3 nitrogen and oxygen atoms in total. The molecular weight excluding hydrogens is 351 g/mol. The Morgan fingerprint density at radius 1 is 1.18 bits per heavy atom. The maximum Gasteiger partial charge on any atom is 0.123 e. The lowest BCUT2D eigenvalue weighted by Crippen LogP contribution is -2.42. The smallest absolute Gasteiger partial charge is 0.123 e. The van der Waals surface area contributed by atoms with Crippen LogP contribution in [0.5, 0.6) is 0 Å². The summed E-state index contributed by atoms with van der Waals surface area (Å²) in [6, 6.07) is 11.2. The van der Waals surface area contributed by atoms with Gasteiger partial charge in [0.25, 0.3) is 0 Å². The van der Waals surface area contributed by atoms with Crippen molar-refractivity contribution in [1.82, 2.24) is 9.88 Å². The Labute approximate surface area is 168 Å². The summed E-state index contributed by atoms with van der Waals surface area (Å²) in [5, 5.41) is 0. The first-order valence-corrected chi connectivity index (χ1v) is 10.3. The number of hydrogen-bond donors (Lipinski definition) is 0. The van der Waals surface area contributed by atoms with E-state index in [4.69, 9.17) is 4.74 Å². The van der Waals surface area contributed by atoms with Crippen molar-refractivity contribution in [3.63, 3.8) is 0 Å². The van der Waals surface area contributed by atoms with Gasteiger partial charge in [0, 0.05) is 36.0 Å². The van der Waals surface area contributed by atoms with Crippen LogP contribution < -0.4 is 0 Å². The second-order valence-corrected chi connectivity index (χ2v) is 8.68. The van der Waals surface area contributed by atoms with Crippen LogP contribution in [0.15, 0.2) is 42.6 Å². The Balaban J connectivity index is 1.73. The van der Waals surface area contributed by atoms with Crippen molar-refractivity contribution in [2.75, 3.05) is 26.3 Å². The summed E-state index contributed by atoms with van der Waals surface area (Å²) >= 11 is 0. The molecule has 1 aliphatic rings.